The quantitative estimate of drug-likeness (QED) is 0.270. The third kappa shape index (κ3) is 4.84. The molecule has 0 saturated carbocycles. The molecule has 2 aromatic rings. The largest absolute Gasteiger partial charge is 0.507 e. The Bertz CT molecular complexity index is 1590. The van der Waals surface area contributed by atoms with Crippen molar-refractivity contribution in [2.45, 2.75) is 43.0 Å². The molecule has 0 bridgehead atoms. The van der Waals surface area contributed by atoms with Crippen LogP contribution in [0.25, 0.3) is 5.76 Å². The second-order valence-corrected chi connectivity index (χ2v) is 13.6. The molecule has 11 nitrogen and oxygen atoms in total. The highest BCUT2D eigenvalue weighted by Gasteiger charge is 2.67. The van der Waals surface area contributed by atoms with Crippen LogP contribution in [0.15, 0.2) is 59.0 Å². The fourth-order valence-electron chi connectivity index (χ4n) is 6.86. The second-order valence-electron chi connectivity index (χ2n) is 11.6. The zero-order valence-electron chi connectivity index (χ0n) is 24.9. The Kier molecular flexibility index (Phi) is 8.35. The van der Waals surface area contributed by atoms with E-state index < -0.39 is 38.9 Å². The van der Waals surface area contributed by atoms with E-state index in [0.29, 0.717) is 70.2 Å². The van der Waals surface area contributed by atoms with Crippen LogP contribution in [0.2, 0.25) is 0 Å². The summed E-state index contributed by atoms with van der Waals surface area (Å²) in [6.45, 7) is 6.16. The van der Waals surface area contributed by atoms with E-state index in [-0.39, 0.29) is 22.6 Å². The Hall–Kier alpha value is -3.58. The monoisotopic (exact) mass is 622 g/mol. The number of aliphatic hydroxyl groups is 1. The van der Waals surface area contributed by atoms with Gasteiger partial charge in [0.05, 0.1) is 29.4 Å². The van der Waals surface area contributed by atoms with Crippen LogP contribution in [0.3, 0.4) is 0 Å². The third-order valence-corrected chi connectivity index (χ3v) is 11.0. The molecule has 0 aromatic heterocycles. The zero-order valence-corrected chi connectivity index (χ0v) is 25.7. The van der Waals surface area contributed by atoms with E-state index in [9.17, 15) is 27.9 Å². The number of benzene rings is 2. The summed E-state index contributed by atoms with van der Waals surface area (Å²) < 4.78 is 33.4. The van der Waals surface area contributed by atoms with E-state index in [1.54, 1.807) is 29.2 Å². The average Bonchev–Trinajstić information content (AvgIpc) is 3.43. The van der Waals surface area contributed by atoms with E-state index in [4.69, 9.17) is 4.74 Å². The molecule has 4 aliphatic rings. The molecule has 2 aromatic carbocycles. The molecule has 1 N–H and O–H groups in total. The van der Waals surface area contributed by atoms with Gasteiger partial charge in [-0.2, -0.15) is 4.31 Å². The predicted octanol–water partition coefficient (Wildman–Crippen LogP) is 2.53. The molecule has 44 heavy (non-hydrogen) atoms. The van der Waals surface area contributed by atoms with Crippen LogP contribution in [-0.2, 0) is 34.7 Å². The van der Waals surface area contributed by atoms with Crippen molar-refractivity contribution >= 4 is 39.1 Å². The number of hydrogen-bond acceptors (Lipinski definition) is 8. The van der Waals surface area contributed by atoms with E-state index in [0.717, 1.165) is 19.3 Å². The Morgan fingerprint density at radius 3 is 2.25 bits per heavy atom. The maximum Gasteiger partial charge on any atom is 0.296 e. The van der Waals surface area contributed by atoms with Crippen LogP contribution in [0, 0.1) is 0 Å². The van der Waals surface area contributed by atoms with Crippen molar-refractivity contribution in [2.24, 2.45) is 0 Å². The number of carbonyl (C=O) groups is 3. The van der Waals surface area contributed by atoms with Gasteiger partial charge in [0.15, 0.2) is 5.54 Å². The first-order chi connectivity index (χ1) is 21.2. The summed E-state index contributed by atoms with van der Waals surface area (Å²) in [5, 5.41) is 11.8. The Morgan fingerprint density at radius 2 is 1.57 bits per heavy atom. The van der Waals surface area contributed by atoms with Crippen molar-refractivity contribution in [1.29, 1.82) is 0 Å². The van der Waals surface area contributed by atoms with Gasteiger partial charge in [-0.1, -0.05) is 31.5 Å². The van der Waals surface area contributed by atoms with Gasteiger partial charge in [0.25, 0.3) is 17.6 Å². The van der Waals surface area contributed by atoms with Crippen molar-refractivity contribution < 1.29 is 32.6 Å². The molecular weight excluding hydrogens is 584 g/mol. The topological polar surface area (TPSA) is 128 Å². The number of ketones is 1. The number of para-hydroxylation sites is 1. The van der Waals surface area contributed by atoms with Crippen LogP contribution >= 0.6 is 0 Å². The standard InChI is InChI=1S/C32H38N4O7S/c1-2-14-35-26-9-5-4-8-25(26)32(31(35)40)27(29(38)30(39)36(32)18-17-33-19-21-43-22-20-33)28(37)23-10-12-24(13-11-23)44(41,42)34-15-6-3-7-16-34/h4-5,8-13,37H,2-3,6-7,14-22H2,1H3/b28-27+. The SMILES string of the molecule is CCCN1C(=O)C2(/C(=C(/O)c3ccc(S(=O)(=O)N4CCCCC4)cc3)C(=O)C(=O)N2CCN2CCOCC2)c2ccccc21. The van der Waals surface area contributed by atoms with Crippen LogP contribution in [0.4, 0.5) is 5.69 Å². The van der Waals surface area contributed by atoms with Gasteiger partial charge in [0.2, 0.25) is 10.0 Å². The van der Waals surface area contributed by atoms with Crippen molar-refractivity contribution in [3.05, 3.63) is 65.2 Å². The van der Waals surface area contributed by atoms with Gasteiger partial charge in [-0.25, -0.2) is 8.42 Å². The van der Waals surface area contributed by atoms with Gasteiger partial charge >= 0.3 is 0 Å². The van der Waals surface area contributed by atoms with Gasteiger partial charge in [0, 0.05) is 56.9 Å². The number of aliphatic hydroxyl groups excluding tert-OH is 1. The number of nitrogens with zero attached hydrogens (tertiary/aromatic N) is 4. The van der Waals surface area contributed by atoms with Crippen molar-refractivity contribution in [1.82, 2.24) is 14.1 Å². The summed E-state index contributed by atoms with van der Waals surface area (Å²) in [5.41, 5.74) is -0.953. The van der Waals surface area contributed by atoms with Gasteiger partial charge in [-0.15, -0.1) is 0 Å². The first kappa shape index (κ1) is 30.4. The number of sulfonamides is 1. The molecule has 1 atom stereocenters. The first-order valence-electron chi connectivity index (χ1n) is 15.3. The molecular formula is C32H38N4O7S. The fraction of sp³-hybridized carbons (Fsp3) is 0.469. The number of likely N-dealkylation sites (tertiary alicyclic amines) is 1. The lowest BCUT2D eigenvalue weighted by molar-refractivity contribution is -0.144. The summed E-state index contributed by atoms with van der Waals surface area (Å²) in [6, 6.07) is 12.7. The molecule has 4 aliphatic heterocycles. The molecule has 3 fully saturated rings. The molecule has 12 heteroatoms. The minimum Gasteiger partial charge on any atom is -0.507 e. The lowest BCUT2D eigenvalue weighted by Gasteiger charge is -2.36. The van der Waals surface area contributed by atoms with E-state index in [2.05, 4.69) is 4.90 Å². The summed E-state index contributed by atoms with van der Waals surface area (Å²) in [4.78, 5) is 47.3. The summed E-state index contributed by atoms with van der Waals surface area (Å²) >= 11 is 0. The van der Waals surface area contributed by atoms with E-state index >= 15 is 0 Å². The number of piperidine rings is 1. The Labute approximate surface area is 257 Å². The average molecular weight is 623 g/mol. The molecule has 0 aliphatic carbocycles. The second kappa shape index (κ2) is 12.1. The number of morpholine rings is 1. The van der Waals surface area contributed by atoms with Crippen molar-refractivity contribution in [3.63, 3.8) is 0 Å². The van der Waals surface area contributed by atoms with Crippen molar-refractivity contribution in [2.75, 3.05) is 63.9 Å². The molecule has 3 saturated heterocycles. The smallest absolute Gasteiger partial charge is 0.296 e. The highest BCUT2D eigenvalue weighted by atomic mass is 32.2. The Balaban J connectivity index is 1.46. The van der Waals surface area contributed by atoms with Gasteiger partial charge < -0.3 is 19.6 Å². The highest BCUT2D eigenvalue weighted by molar-refractivity contribution is 7.89. The number of anilines is 1. The number of Topliss-reactive ketones (excluding diaryl/α,β-unsaturated/α-hetero) is 1. The van der Waals surface area contributed by atoms with Gasteiger partial charge in [-0.3, -0.25) is 19.3 Å². The molecule has 234 valence electrons. The summed E-state index contributed by atoms with van der Waals surface area (Å²) in [5.74, 6) is -2.78. The minimum absolute atomic E-state index is 0.0769. The van der Waals surface area contributed by atoms with Crippen LogP contribution in [0.1, 0.15) is 43.7 Å². The lowest BCUT2D eigenvalue weighted by Crippen LogP contribution is -2.54. The number of rotatable bonds is 8. The van der Waals surface area contributed by atoms with Crippen molar-refractivity contribution in [3.8, 4) is 0 Å². The maximum atomic E-state index is 14.6. The van der Waals surface area contributed by atoms with Gasteiger partial charge in [-0.05, 0) is 49.6 Å². The Morgan fingerprint density at radius 1 is 0.886 bits per heavy atom. The molecule has 1 unspecified atom stereocenters. The van der Waals surface area contributed by atoms with Gasteiger partial charge in [0.1, 0.15) is 5.76 Å². The minimum atomic E-state index is -3.72. The fourth-order valence-corrected chi connectivity index (χ4v) is 8.38. The van der Waals surface area contributed by atoms with Crippen LogP contribution in [-0.4, -0.2) is 104 Å². The van der Waals surface area contributed by atoms with E-state index in [1.165, 1.54) is 33.5 Å². The van der Waals surface area contributed by atoms with Crippen LogP contribution in [0.5, 0.6) is 0 Å². The molecule has 2 amide bonds. The normalized spacial score (nSPS) is 24.4. The zero-order chi connectivity index (χ0) is 31.1. The summed E-state index contributed by atoms with van der Waals surface area (Å²) in [7, 11) is -3.72. The molecule has 1 spiro atoms. The highest BCUT2D eigenvalue weighted by Crippen LogP contribution is 2.53. The number of hydrogen-bond donors (Lipinski definition) is 1. The number of ether oxygens (including phenoxy) is 1. The maximum absolute atomic E-state index is 14.6. The molecule has 4 heterocycles. The number of fused-ring (bicyclic) bond motifs is 2. The lowest BCUT2D eigenvalue weighted by atomic mass is 9.82. The molecule has 0 radical (unpaired) electrons. The summed E-state index contributed by atoms with van der Waals surface area (Å²) in [6.07, 6.45) is 3.23. The molecule has 6 rings (SSSR count). The first-order valence-corrected chi connectivity index (χ1v) is 16.8. The predicted molar refractivity (Wildman–Crippen MR) is 163 cm³/mol. The number of amides is 2. The third-order valence-electron chi connectivity index (χ3n) is 9.08. The number of carbonyl (C=O) groups excluding carboxylic acids is 3. The van der Waals surface area contributed by atoms with E-state index in [1.807, 2.05) is 6.92 Å². The van der Waals surface area contributed by atoms with Crippen LogP contribution < -0.4 is 4.90 Å².